The van der Waals surface area contributed by atoms with Gasteiger partial charge in [-0.2, -0.15) is 0 Å². The number of nitrogens with two attached hydrogens (primary N) is 1. The Balaban J connectivity index is 2.19. The topological polar surface area (TPSA) is 26.0 Å². The number of hydrogen-bond donors (Lipinski definition) is 1. The molecule has 0 amide bonds. The normalized spacial score (nSPS) is 19.1. The molecule has 0 bridgehead atoms. The van der Waals surface area contributed by atoms with Crippen molar-refractivity contribution < 1.29 is 0 Å². The summed E-state index contributed by atoms with van der Waals surface area (Å²) in [7, 11) is 0. The maximum absolute atomic E-state index is 6.15. The fourth-order valence-electron chi connectivity index (χ4n) is 1.87. The van der Waals surface area contributed by atoms with Crippen LogP contribution in [-0.4, -0.2) is 5.54 Å². The standard InChI is InChI=1S/C11H13Cl2N/c12-9-2-3-10(13)8(6-9)7-11(14)4-1-5-11/h2-3,6H,1,4-5,7,14H2. The second-order valence-electron chi connectivity index (χ2n) is 4.13. The van der Waals surface area contributed by atoms with Crippen LogP contribution in [-0.2, 0) is 6.42 Å². The predicted molar refractivity (Wildman–Crippen MR) is 60.9 cm³/mol. The predicted octanol–water partition coefficient (Wildman–Crippen LogP) is 3.42. The van der Waals surface area contributed by atoms with Gasteiger partial charge in [0, 0.05) is 15.6 Å². The summed E-state index contributed by atoms with van der Waals surface area (Å²) < 4.78 is 0. The number of rotatable bonds is 2. The van der Waals surface area contributed by atoms with Crippen molar-refractivity contribution in [3.63, 3.8) is 0 Å². The van der Waals surface area contributed by atoms with Crippen molar-refractivity contribution in [2.24, 2.45) is 5.73 Å². The fraction of sp³-hybridized carbons (Fsp3) is 0.455. The minimum atomic E-state index is -0.0334. The summed E-state index contributed by atoms with van der Waals surface area (Å²) in [5.74, 6) is 0. The molecule has 1 nitrogen and oxygen atoms in total. The van der Waals surface area contributed by atoms with E-state index in [1.165, 1.54) is 6.42 Å². The number of hydrogen-bond acceptors (Lipinski definition) is 1. The van der Waals surface area contributed by atoms with Crippen LogP contribution in [0, 0.1) is 0 Å². The molecule has 0 aromatic heterocycles. The van der Waals surface area contributed by atoms with Crippen LogP contribution in [0.5, 0.6) is 0 Å². The van der Waals surface area contributed by atoms with E-state index in [4.69, 9.17) is 28.9 Å². The van der Waals surface area contributed by atoms with Gasteiger partial charge in [0.25, 0.3) is 0 Å². The van der Waals surface area contributed by atoms with Crippen LogP contribution in [0.15, 0.2) is 18.2 Å². The van der Waals surface area contributed by atoms with Gasteiger partial charge >= 0.3 is 0 Å². The first-order valence-electron chi connectivity index (χ1n) is 4.82. The second kappa shape index (κ2) is 3.73. The fourth-order valence-corrected chi connectivity index (χ4v) is 2.24. The Morgan fingerprint density at radius 1 is 1.29 bits per heavy atom. The summed E-state index contributed by atoms with van der Waals surface area (Å²) in [6.45, 7) is 0. The molecule has 0 spiro atoms. The molecule has 1 saturated carbocycles. The SMILES string of the molecule is NC1(Cc2cc(Cl)ccc2Cl)CCC1. The monoisotopic (exact) mass is 229 g/mol. The van der Waals surface area contributed by atoms with Crippen LogP contribution in [0.3, 0.4) is 0 Å². The van der Waals surface area contributed by atoms with E-state index in [0.717, 1.165) is 34.9 Å². The van der Waals surface area contributed by atoms with E-state index < -0.39 is 0 Å². The zero-order chi connectivity index (χ0) is 10.2. The van der Waals surface area contributed by atoms with Crippen molar-refractivity contribution in [3.05, 3.63) is 33.8 Å². The van der Waals surface area contributed by atoms with Crippen molar-refractivity contribution in [2.45, 2.75) is 31.2 Å². The van der Waals surface area contributed by atoms with Crippen LogP contribution >= 0.6 is 23.2 Å². The van der Waals surface area contributed by atoms with E-state index in [1.807, 2.05) is 12.1 Å². The van der Waals surface area contributed by atoms with E-state index in [2.05, 4.69) is 0 Å². The Kier molecular flexibility index (Phi) is 2.74. The third kappa shape index (κ3) is 2.05. The quantitative estimate of drug-likeness (QED) is 0.827. The Morgan fingerprint density at radius 3 is 2.57 bits per heavy atom. The van der Waals surface area contributed by atoms with E-state index in [1.54, 1.807) is 6.07 Å². The molecule has 1 fully saturated rings. The Bertz CT molecular complexity index is 345. The van der Waals surface area contributed by atoms with Crippen LogP contribution in [0.2, 0.25) is 10.0 Å². The summed E-state index contributed by atoms with van der Waals surface area (Å²) in [4.78, 5) is 0. The van der Waals surface area contributed by atoms with Gasteiger partial charge in [0.05, 0.1) is 0 Å². The van der Waals surface area contributed by atoms with Gasteiger partial charge in [-0.3, -0.25) is 0 Å². The Morgan fingerprint density at radius 2 is 2.00 bits per heavy atom. The molecule has 1 aliphatic rings. The molecule has 0 atom stereocenters. The highest BCUT2D eigenvalue weighted by atomic mass is 35.5. The molecule has 0 aliphatic heterocycles. The van der Waals surface area contributed by atoms with Gasteiger partial charge in [0.2, 0.25) is 0 Å². The highest BCUT2D eigenvalue weighted by Gasteiger charge is 2.32. The van der Waals surface area contributed by atoms with Gasteiger partial charge in [-0.15, -0.1) is 0 Å². The average molecular weight is 230 g/mol. The lowest BCUT2D eigenvalue weighted by Gasteiger charge is -2.38. The van der Waals surface area contributed by atoms with Crippen molar-refractivity contribution in [2.75, 3.05) is 0 Å². The smallest absolute Gasteiger partial charge is 0.0439 e. The van der Waals surface area contributed by atoms with Gasteiger partial charge in [-0.1, -0.05) is 23.2 Å². The lowest BCUT2D eigenvalue weighted by molar-refractivity contribution is 0.247. The molecule has 76 valence electrons. The molecule has 1 aliphatic carbocycles. The van der Waals surface area contributed by atoms with E-state index in [9.17, 15) is 0 Å². The van der Waals surface area contributed by atoms with Gasteiger partial charge in [-0.05, 0) is 49.4 Å². The molecule has 2 rings (SSSR count). The molecular formula is C11H13Cl2N. The van der Waals surface area contributed by atoms with Crippen molar-refractivity contribution in [1.29, 1.82) is 0 Å². The molecule has 3 heteroatoms. The van der Waals surface area contributed by atoms with Gasteiger partial charge in [0.1, 0.15) is 0 Å². The molecule has 1 aromatic rings. The zero-order valence-electron chi connectivity index (χ0n) is 7.89. The minimum absolute atomic E-state index is 0.0334. The van der Waals surface area contributed by atoms with Gasteiger partial charge < -0.3 is 5.73 Å². The molecule has 2 N–H and O–H groups in total. The molecular weight excluding hydrogens is 217 g/mol. The molecule has 14 heavy (non-hydrogen) atoms. The van der Waals surface area contributed by atoms with Gasteiger partial charge in [-0.25, -0.2) is 0 Å². The first kappa shape index (κ1) is 10.3. The third-order valence-corrected chi connectivity index (χ3v) is 3.50. The summed E-state index contributed by atoms with van der Waals surface area (Å²) in [5, 5.41) is 1.50. The zero-order valence-corrected chi connectivity index (χ0v) is 9.41. The summed E-state index contributed by atoms with van der Waals surface area (Å²) in [5.41, 5.74) is 7.19. The van der Waals surface area contributed by atoms with Crippen LogP contribution in [0.4, 0.5) is 0 Å². The maximum atomic E-state index is 6.15. The molecule has 0 radical (unpaired) electrons. The highest BCUT2D eigenvalue weighted by Crippen LogP contribution is 2.34. The Hall–Kier alpha value is -0.240. The number of halogens is 2. The summed E-state index contributed by atoms with van der Waals surface area (Å²) >= 11 is 12.0. The second-order valence-corrected chi connectivity index (χ2v) is 4.97. The van der Waals surface area contributed by atoms with Gasteiger partial charge in [0.15, 0.2) is 0 Å². The van der Waals surface area contributed by atoms with Crippen molar-refractivity contribution >= 4 is 23.2 Å². The first-order valence-corrected chi connectivity index (χ1v) is 5.57. The average Bonchev–Trinajstić information content (AvgIpc) is 2.09. The summed E-state index contributed by atoms with van der Waals surface area (Å²) in [6.07, 6.45) is 4.26. The largest absolute Gasteiger partial charge is 0.325 e. The molecule has 0 unspecified atom stereocenters. The van der Waals surface area contributed by atoms with E-state index in [0.29, 0.717) is 0 Å². The minimum Gasteiger partial charge on any atom is -0.325 e. The van der Waals surface area contributed by atoms with E-state index in [-0.39, 0.29) is 5.54 Å². The summed E-state index contributed by atoms with van der Waals surface area (Å²) in [6, 6.07) is 5.55. The Labute approximate surface area is 94.2 Å². The lowest BCUT2D eigenvalue weighted by atomic mass is 9.74. The van der Waals surface area contributed by atoms with Crippen molar-refractivity contribution in [3.8, 4) is 0 Å². The number of benzene rings is 1. The third-order valence-electron chi connectivity index (χ3n) is 2.90. The highest BCUT2D eigenvalue weighted by molar-refractivity contribution is 6.33. The molecule has 0 saturated heterocycles. The lowest BCUT2D eigenvalue weighted by Crippen LogP contribution is -2.48. The maximum Gasteiger partial charge on any atom is 0.0439 e. The van der Waals surface area contributed by atoms with Crippen molar-refractivity contribution in [1.82, 2.24) is 0 Å². The molecule has 1 aromatic carbocycles. The molecule has 0 heterocycles. The van der Waals surface area contributed by atoms with Crippen LogP contribution in [0.1, 0.15) is 24.8 Å². The first-order chi connectivity index (χ1) is 6.59. The van der Waals surface area contributed by atoms with Crippen LogP contribution < -0.4 is 5.73 Å². The van der Waals surface area contributed by atoms with E-state index >= 15 is 0 Å². The van der Waals surface area contributed by atoms with Crippen LogP contribution in [0.25, 0.3) is 0 Å².